The van der Waals surface area contributed by atoms with Gasteiger partial charge in [-0.15, -0.1) is 0 Å². The van der Waals surface area contributed by atoms with Crippen LogP contribution in [0.1, 0.15) is 5.56 Å². The van der Waals surface area contributed by atoms with Crippen LogP contribution in [-0.4, -0.2) is 10.5 Å². The zero-order valence-corrected chi connectivity index (χ0v) is 6.99. The highest BCUT2D eigenvalue weighted by atomic mass is 32.2. The molecule has 1 heterocycles. The molecule has 0 radical (unpaired) electrons. The van der Waals surface area contributed by atoms with Crippen LogP contribution in [0.15, 0.2) is 23.4 Å². The van der Waals surface area contributed by atoms with Crippen LogP contribution in [0.4, 0.5) is 13.2 Å². The zero-order chi connectivity index (χ0) is 9.90. The molecule has 0 amide bonds. The molecular weight excluding hydrogens is 201 g/mol. The first-order valence-corrected chi connectivity index (χ1v) is 3.95. The smallest absolute Gasteiger partial charge is 0.248 e. The average Bonchev–Trinajstić information content (AvgIpc) is 2.03. The lowest BCUT2D eigenvalue weighted by Crippen LogP contribution is -1.99. The monoisotopic (exact) mass is 204 g/mol. The van der Waals surface area contributed by atoms with E-state index >= 15 is 0 Å². The van der Waals surface area contributed by atoms with Crippen molar-refractivity contribution in [3.8, 4) is 6.07 Å². The number of hydrogen-bond acceptors (Lipinski definition) is 3. The standard InChI is InChI=1S/C7H3F3N2S/c8-7(9,10)13-6-2-1-5(3-11)4-12-6/h1-2,4H. The molecule has 2 nitrogen and oxygen atoms in total. The highest BCUT2D eigenvalue weighted by molar-refractivity contribution is 8.00. The molecule has 0 aliphatic carbocycles. The van der Waals surface area contributed by atoms with Gasteiger partial charge in [-0.05, 0) is 12.1 Å². The van der Waals surface area contributed by atoms with E-state index in [1.165, 1.54) is 6.07 Å². The Balaban J connectivity index is 2.77. The van der Waals surface area contributed by atoms with Crippen molar-refractivity contribution >= 4 is 11.8 Å². The summed E-state index contributed by atoms with van der Waals surface area (Å²) < 4.78 is 35.3. The van der Waals surface area contributed by atoms with Crippen LogP contribution in [0.3, 0.4) is 0 Å². The van der Waals surface area contributed by atoms with E-state index in [0.717, 1.165) is 12.3 Å². The second-order valence-electron chi connectivity index (χ2n) is 2.04. The van der Waals surface area contributed by atoms with Crippen molar-refractivity contribution in [2.75, 3.05) is 0 Å². The summed E-state index contributed by atoms with van der Waals surface area (Å²) >= 11 is -0.301. The molecular formula is C7H3F3N2S. The first kappa shape index (κ1) is 9.86. The molecule has 0 aliphatic rings. The molecule has 6 heteroatoms. The maximum atomic E-state index is 11.8. The Morgan fingerprint density at radius 1 is 1.38 bits per heavy atom. The number of hydrogen-bond donors (Lipinski definition) is 0. The molecule has 0 saturated carbocycles. The second kappa shape index (κ2) is 3.66. The minimum absolute atomic E-state index is 0.161. The first-order valence-electron chi connectivity index (χ1n) is 3.13. The van der Waals surface area contributed by atoms with Gasteiger partial charge in [0.2, 0.25) is 0 Å². The maximum absolute atomic E-state index is 11.8. The van der Waals surface area contributed by atoms with Crippen LogP contribution >= 0.6 is 11.8 Å². The molecule has 1 rings (SSSR count). The summed E-state index contributed by atoms with van der Waals surface area (Å²) in [4.78, 5) is 3.46. The van der Waals surface area contributed by atoms with Gasteiger partial charge in [-0.2, -0.15) is 18.4 Å². The topological polar surface area (TPSA) is 36.7 Å². The van der Waals surface area contributed by atoms with Crippen molar-refractivity contribution in [1.82, 2.24) is 4.98 Å². The van der Waals surface area contributed by atoms with E-state index < -0.39 is 5.51 Å². The van der Waals surface area contributed by atoms with Gasteiger partial charge in [-0.3, -0.25) is 0 Å². The fourth-order valence-electron chi connectivity index (χ4n) is 0.625. The van der Waals surface area contributed by atoms with Crippen molar-refractivity contribution in [2.24, 2.45) is 0 Å². The zero-order valence-electron chi connectivity index (χ0n) is 6.17. The van der Waals surface area contributed by atoms with Crippen LogP contribution in [-0.2, 0) is 0 Å². The Hall–Kier alpha value is -1.22. The van der Waals surface area contributed by atoms with Gasteiger partial charge >= 0.3 is 5.51 Å². The number of nitrogens with zero attached hydrogens (tertiary/aromatic N) is 2. The summed E-state index contributed by atoms with van der Waals surface area (Å²) in [5.41, 5.74) is -4.09. The highest BCUT2D eigenvalue weighted by Gasteiger charge is 2.29. The van der Waals surface area contributed by atoms with E-state index in [1.54, 1.807) is 6.07 Å². The minimum Gasteiger partial charge on any atom is -0.248 e. The van der Waals surface area contributed by atoms with Gasteiger partial charge in [0.15, 0.2) is 0 Å². The first-order chi connectivity index (χ1) is 6.01. The van der Waals surface area contributed by atoms with E-state index in [0.29, 0.717) is 0 Å². The number of aromatic nitrogens is 1. The molecule has 1 aromatic rings. The summed E-state index contributed by atoms with van der Waals surface area (Å²) in [5, 5.41) is 8.18. The predicted octanol–water partition coefficient (Wildman–Crippen LogP) is 2.57. The third-order valence-corrected chi connectivity index (χ3v) is 1.77. The van der Waals surface area contributed by atoms with E-state index in [9.17, 15) is 13.2 Å². The molecule has 1 aromatic heterocycles. The Morgan fingerprint density at radius 2 is 2.08 bits per heavy atom. The number of halogens is 3. The quantitative estimate of drug-likeness (QED) is 0.659. The second-order valence-corrected chi connectivity index (χ2v) is 3.13. The normalized spacial score (nSPS) is 10.9. The van der Waals surface area contributed by atoms with E-state index in [2.05, 4.69) is 4.98 Å². The summed E-state index contributed by atoms with van der Waals surface area (Å²) in [5.74, 6) is 0. The molecule has 0 bridgehead atoms. The van der Waals surface area contributed by atoms with Gasteiger partial charge in [0.05, 0.1) is 5.56 Å². The summed E-state index contributed by atoms with van der Waals surface area (Å²) in [6.45, 7) is 0. The Kier molecular flexibility index (Phi) is 2.78. The lowest BCUT2D eigenvalue weighted by molar-refractivity contribution is -0.0329. The van der Waals surface area contributed by atoms with Crippen molar-refractivity contribution in [3.05, 3.63) is 23.9 Å². The lowest BCUT2D eigenvalue weighted by Gasteiger charge is -2.03. The minimum atomic E-state index is -4.33. The number of rotatable bonds is 1. The molecule has 13 heavy (non-hydrogen) atoms. The lowest BCUT2D eigenvalue weighted by atomic mass is 10.3. The fraction of sp³-hybridized carbons (Fsp3) is 0.143. The summed E-state index contributed by atoms with van der Waals surface area (Å²) in [6.07, 6.45) is 1.11. The van der Waals surface area contributed by atoms with Crippen molar-refractivity contribution in [2.45, 2.75) is 10.5 Å². The molecule has 0 fully saturated rings. The van der Waals surface area contributed by atoms with Crippen LogP contribution in [0.2, 0.25) is 0 Å². The highest BCUT2D eigenvalue weighted by Crippen LogP contribution is 2.35. The molecule has 0 N–H and O–H groups in total. The Labute approximate surface area is 76.4 Å². The third kappa shape index (κ3) is 3.34. The van der Waals surface area contributed by atoms with Crippen LogP contribution in [0.5, 0.6) is 0 Å². The van der Waals surface area contributed by atoms with Crippen LogP contribution in [0.25, 0.3) is 0 Å². The van der Waals surface area contributed by atoms with E-state index in [-0.39, 0.29) is 22.4 Å². The Bertz CT molecular complexity index is 325. The molecule has 0 saturated heterocycles. The molecule has 0 aromatic carbocycles. The average molecular weight is 204 g/mol. The summed E-state index contributed by atoms with van der Waals surface area (Å²) in [7, 11) is 0. The van der Waals surface area contributed by atoms with Crippen molar-refractivity contribution < 1.29 is 13.2 Å². The van der Waals surface area contributed by atoms with E-state index in [1.807, 2.05) is 0 Å². The van der Waals surface area contributed by atoms with Crippen LogP contribution < -0.4 is 0 Å². The van der Waals surface area contributed by atoms with Gasteiger partial charge in [-0.1, -0.05) is 0 Å². The number of nitriles is 1. The largest absolute Gasteiger partial charge is 0.447 e. The number of alkyl halides is 3. The molecule has 0 atom stereocenters. The third-order valence-electron chi connectivity index (χ3n) is 1.09. The SMILES string of the molecule is N#Cc1ccc(SC(F)(F)F)nc1. The molecule has 0 aliphatic heterocycles. The molecule has 0 spiro atoms. The van der Waals surface area contributed by atoms with Gasteiger partial charge in [0.1, 0.15) is 11.1 Å². The van der Waals surface area contributed by atoms with Gasteiger partial charge in [-0.25, -0.2) is 4.98 Å². The fourth-order valence-corrected chi connectivity index (χ4v) is 1.10. The van der Waals surface area contributed by atoms with Crippen LogP contribution in [0, 0.1) is 11.3 Å². The number of pyridine rings is 1. The van der Waals surface area contributed by atoms with Crippen molar-refractivity contribution in [3.63, 3.8) is 0 Å². The maximum Gasteiger partial charge on any atom is 0.447 e. The van der Waals surface area contributed by atoms with E-state index in [4.69, 9.17) is 5.26 Å². The number of thioether (sulfide) groups is 1. The van der Waals surface area contributed by atoms with Gasteiger partial charge in [0, 0.05) is 18.0 Å². The molecule has 68 valence electrons. The van der Waals surface area contributed by atoms with Gasteiger partial charge < -0.3 is 0 Å². The van der Waals surface area contributed by atoms with Crippen molar-refractivity contribution in [1.29, 1.82) is 5.26 Å². The van der Waals surface area contributed by atoms with Gasteiger partial charge in [0.25, 0.3) is 0 Å². The molecule has 0 unspecified atom stereocenters. The Morgan fingerprint density at radius 3 is 2.46 bits per heavy atom. The predicted molar refractivity (Wildman–Crippen MR) is 40.9 cm³/mol. The summed E-state index contributed by atoms with van der Waals surface area (Å²) in [6, 6.07) is 4.22.